The fraction of sp³-hybridized carbons (Fsp3) is 0.762. The lowest BCUT2D eigenvalue weighted by molar-refractivity contribution is -0.182. The van der Waals surface area contributed by atoms with Crippen molar-refractivity contribution in [3.63, 3.8) is 0 Å². The van der Waals surface area contributed by atoms with Crippen molar-refractivity contribution < 1.29 is 22.5 Å². The average Bonchev–Trinajstić information content (AvgIpc) is 2.68. The smallest absolute Gasteiger partial charge is 0.391 e. The molecule has 162 valence electrons. The Morgan fingerprint density at radius 2 is 1.83 bits per heavy atom. The molecule has 1 aromatic rings. The lowest BCUT2D eigenvalue weighted by Crippen LogP contribution is -2.54. The number of likely N-dealkylation sites (tertiary alicyclic amines) is 1. The van der Waals surface area contributed by atoms with Gasteiger partial charge in [-0.3, -0.25) is 9.88 Å². The van der Waals surface area contributed by atoms with Crippen LogP contribution in [0, 0.1) is 11.3 Å². The zero-order chi connectivity index (χ0) is 20.5. The Morgan fingerprint density at radius 1 is 1.14 bits per heavy atom. The van der Waals surface area contributed by atoms with Gasteiger partial charge in [-0.25, -0.2) is 0 Å². The average molecular weight is 431 g/mol. The Morgan fingerprint density at radius 3 is 2.38 bits per heavy atom. The van der Waals surface area contributed by atoms with E-state index in [9.17, 15) is 17.7 Å². The summed E-state index contributed by atoms with van der Waals surface area (Å²) in [7, 11) is 0. The molecule has 1 saturated carbocycles. The molecule has 0 atom stereocenters. The molecule has 4 nitrogen and oxygen atoms in total. The molecule has 0 N–H and O–H groups in total. The highest BCUT2D eigenvalue weighted by Crippen LogP contribution is 2.43. The fourth-order valence-corrected chi connectivity index (χ4v) is 6.77. The van der Waals surface area contributed by atoms with Gasteiger partial charge in [0.1, 0.15) is 23.9 Å². The van der Waals surface area contributed by atoms with Gasteiger partial charge in [-0.15, -0.1) is 0 Å². The molecule has 1 aromatic heterocycles. The minimum Gasteiger partial charge on any atom is -0.616 e. The predicted molar refractivity (Wildman–Crippen MR) is 106 cm³/mol. The number of rotatable bonds is 5. The van der Waals surface area contributed by atoms with Gasteiger partial charge in [0.05, 0.1) is 17.5 Å². The SMILES string of the molecule is [O-][S+]1CC2(CCN(CCOc3ccc(C4CCC(C(F)(F)F)CC4)nc3)CC2)C1. The van der Waals surface area contributed by atoms with Gasteiger partial charge in [0.15, 0.2) is 0 Å². The van der Waals surface area contributed by atoms with Crippen LogP contribution in [0.4, 0.5) is 13.2 Å². The van der Waals surface area contributed by atoms with Crippen LogP contribution in [0.15, 0.2) is 18.3 Å². The third-order valence-electron chi connectivity index (χ3n) is 6.89. The van der Waals surface area contributed by atoms with Gasteiger partial charge in [-0.05, 0) is 63.7 Å². The first-order valence-corrected chi connectivity index (χ1v) is 12.0. The van der Waals surface area contributed by atoms with Crippen molar-refractivity contribution in [1.82, 2.24) is 9.88 Å². The normalized spacial score (nSPS) is 28.3. The van der Waals surface area contributed by atoms with Crippen LogP contribution < -0.4 is 4.74 Å². The summed E-state index contributed by atoms with van der Waals surface area (Å²) in [6, 6.07) is 3.78. The van der Waals surface area contributed by atoms with Gasteiger partial charge in [-0.2, -0.15) is 13.2 Å². The number of nitrogens with zero attached hydrogens (tertiary/aromatic N) is 2. The largest absolute Gasteiger partial charge is 0.616 e. The Hall–Kier alpha value is -0.990. The molecule has 1 spiro atoms. The third-order valence-corrected chi connectivity index (χ3v) is 8.76. The molecule has 8 heteroatoms. The lowest BCUT2D eigenvalue weighted by Gasteiger charge is -2.47. The Labute approximate surface area is 173 Å². The number of alkyl halides is 3. The van der Waals surface area contributed by atoms with Gasteiger partial charge in [0.25, 0.3) is 0 Å². The van der Waals surface area contributed by atoms with Gasteiger partial charge < -0.3 is 9.29 Å². The van der Waals surface area contributed by atoms with Gasteiger partial charge in [-0.1, -0.05) is 11.2 Å². The zero-order valence-corrected chi connectivity index (χ0v) is 17.4. The molecule has 2 saturated heterocycles. The van der Waals surface area contributed by atoms with Gasteiger partial charge in [0.2, 0.25) is 0 Å². The van der Waals surface area contributed by atoms with E-state index in [1.54, 1.807) is 6.20 Å². The predicted octanol–water partition coefficient (Wildman–Crippen LogP) is 4.14. The minimum absolute atomic E-state index is 0.115. The quantitative estimate of drug-likeness (QED) is 0.659. The van der Waals surface area contributed by atoms with E-state index in [0.717, 1.165) is 49.7 Å². The highest BCUT2D eigenvalue weighted by atomic mass is 32.2. The number of piperidine rings is 1. The molecule has 4 rings (SSSR count). The van der Waals surface area contributed by atoms with Crippen LogP contribution in [0.3, 0.4) is 0 Å². The maximum absolute atomic E-state index is 12.8. The van der Waals surface area contributed by atoms with E-state index in [4.69, 9.17) is 4.74 Å². The molecule has 3 fully saturated rings. The van der Waals surface area contributed by atoms with Crippen LogP contribution in [0.1, 0.15) is 50.1 Å². The van der Waals surface area contributed by atoms with E-state index in [2.05, 4.69) is 9.88 Å². The maximum atomic E-state index is 12.8. The number of halogens is 3. The number of pyridine rings is 1. The van der Waals surface area contributed by atoms with Crippen LogP contribution >= 0.6 is 0 Å². The van der Waals surface area contributed by atoms with Crippen LogP contribution in [0.5, 0.6) is 5.75 Å². The van der Waals surface area contributed by atoms with E-state index in [1.807, 2.05) is 12.1 Å². The molecule has 0 radical (unpaired) electrons. The van der Waals surface area contributed by atoms with E-state index in [-0.39, 0.29) is 18.8 Å². The first kappa shape index (κ1) is 21.2. The van der Waals surface area contributed by atoms with Crippen LogP contribution in [-0.4, -0.2) is 58.4 Å². The van der Waals surface area contributed by atoms with E-state index >= 15 is 0 Å². The Kier molecular flexibility index (Phi) is 6.33. The summed E-state index contributed by atoms with van der Waals surface area (Å²) in [5.74, 6) is 1.43. The summed E-state index contributed by atoms with van der Waals surface area (Å²) in [6.07, 6.45) is 1.37. The summed E-state index contributed by atoms with van der Waals surface area (Å²) in [4.78, 5) is 6.85. The van der Waals surface area contributed by atoms with Gasteiger partial charge >= 0.3 is 6.18 Å². The van der Waals surface area contributed by atoms with E-state index < -0.39 is 23.3 Å². The molecule has 0 aromatic carbocycles. The third kappa shape index (κ3) is 5.20. The number of hydrogen-bond acceptors (Lipinski definition) is 4. The Balaban J connectivity index is 1.17. The molecule has 3 heterocycles. The monoisotopic (exact) mass is 430 g/mol. The standard InChI is InChI=1S/C21H29F3N2O2S/c22-21(23,24)17-3-1-16(2-4-17)19-6-5-18(13-25-19)28-12-11-26-9-7-20(8-10-26)14-29(27)15-20/h5-6,13,16-17H,1-4,7-12,14-15H2. The van der Waals surface area contributed by atoms with Crippen molar-refractivity contribution in [3.8, 4) is 5.75 Å². The van der Waals surface area contributed by atoms with Crippen molar-refractivity contribution in [2.24, 2.45) is 11.3 Å². The number of ether oxygens (including phenoxy) is 1. The number of hydrogen-bond donors (Lipinski definition) is 0. The highest BCUT2D eigenvalue weighted by Gasteiger charge is 2.49. The summed E-state index contributed by atoms with van der Waals surface area (Å²) in [5.41, 5.74) is 1.22. The van der Waals surface area contributed by atoms with Crippen LogP contribution in [-0.2, 0) is 11.2 Å². The van der Waals surface area contributed by atoms with Crippen LogP contribution in [0.25, 0.3) is 0 Å². The molecule has 3 aliphatic rings. The fourth-order valence-electron chi connectivity index (χ4n) is 4.91. The molecule has 0 amide bonds. The topological polar surface area (TPSA) is 48.4 Å². The van der Waals surface area contributed by atoms with E-state index in [1.165, 1.54) is 0 Å². The second-order valence-corrected chi connectivity index (χ2v) is 10.4. The van der Waals surface area contributed by atoms with Crippen LogP contribution in [0.2, 0.25) is 0 Å². The molecular weight excluding hydrogens is 401 g/mol. The zero-order valence-electron chi connectivity index (χ0n) is 16.6. The minimum atomic E-state index is -4.07. The summed E-state index contributed by atoms with van der Waals surface area (Å²) >= 11 is -0.581. The van der Waals surface area contributed by atoms with Crippen molar-refractivity contribution >= 4 is 11.2 Å². The first-order chi connectivity index (χ1) is 13.8. The van der Waals surface area contributed by atoms with E-state index in [0.29, 0.717) is 30.6 Å². The molecular formula is C21H29F3N2O2S. The second-order valence-electron chi connectivity index (χ2n) is 8.93. The van der Waals surface area contributed by atoms with Crippen molar-refractivity contribution in [3.05, 3.63) is 24.0 Å². The van der Waals surface area contributed by atoms with Crippen molar-refractivity contribution in [2.45, 2.75) is 50.6 Å². The second kappa shape index (κ2) is 8.63. The number of aromatic nitrogens is 1. The maximum Gasteiger partial charge on any atom is 0.391 e. The molecule has 2 aliphatic heterocycles. The summed E-state index contributed by atoms with van der Waals surface area (Å²) in [6.45, 7) is 3.54. The summed E-state index contributed by atoms with van der Waals surface area (Å²) < 4.78 is 55.6. The van der Waals surface area contributed by atoms with Crippen molar-refractivity contribution in [2.75, 3.05) is 37.7 Å². The Bertz CT molecular complexity index is 661. The first-order valence-electron chi connectivity index (χ1n) is 10.6. The molecule has 1 aliphatic carbocycles. The molecule has 0 bridgehead atoms. The van der Waals surface area contributed by atoms with Gasteiger partial charge in [0, 0.05) is 18.2 Å². The molecule has 0 unspecified atom stereocenters. The van der Waals surface area contributed by atoms with Crippen molar-refractivity contribution in [1.29, 1.82) is 0 Å². The summed E-state index contributed by atoms with van der Waals surface area (Å²) in [5, 5.41) is 0. The lowest BCUT2D eigenvalue weighted by atomic mass is 9.80. The highest BCUT2D eigenvalue weighted by molar-refractivity contribution is 7.92. The molecule has 29 heavy (non-hydrogen) atoms.